The molecular weight excluding hydrogens is 284 g/mol. The van der Waals surface area contributed by atoms with Crippen LogP contribution in [0.2, 0.25) is 0 Å². The highest BCUT2D eigenvalue weighted by molar-refractivity contribution is 5.40. The molecule has 3 rings (SSSR count). The van der Waals surface area contributed by atoms with Crippen LogP contribution in [-0.2, 0) is 13.0 Å². The fraction of sp³-hybridized carbons (Fsp3) is 0.250. The topological polar surface area (TPSA) is 27.1 Å². The Hall–Kier alpha value is -2.55. The van der Waals surface area contributed by atoms with Crippen LogP contribution in [0, 0.1) is 5.92 Å². The average molecular weight is 306 g/mol. The molecule has 0 radical (unpaired) electrons. The van der Waals surface area contributed by atoms with Crippen molar-refractivity contribution in [3.05, 3.63) is 78.4 Å². The first-order chi connectivity index (χ1) is 11.2. The molecule has 3 nitrogen and oxygen atoms in total. The molecule has 0 saturated carbocycles. The number of imidazole rings is 1. The maximum atomic E-state index is 5.92. The molecule has 0 unspecified atom stereocenters. The van der Waals surface area contributed by atoms with Crippen molar-refractivity contribution in [2.75, 3.05) is 0 Å². The van der Waals surface area contributed by atoms with Crippen molar-refractivity contribution in [2.24, 2.45) is 5.92 Å². The van der Waals surface area contributed by atoms with Crippen LogP contribution in [0.1, 0.15) is 25.1 Å². The molecule has 0 spiro atoms. The molecular formula is C20H22N2O. The molecule has 0 aliphatic heterocycles. The van der Waals surface area contributed by atoms with Crippen LogP contribution >= 0.6 is 0 Å². The van der Waals surface area contributed by atoms with Gasteiger partial charge in [-0.1, -0.05) is 50.2 Å². The molecule has 2 aromatic carbocycles. The summed E-state index contributed by atoms with van der Waals surface area (Å²) in [6.45, 7) is 5.01. The lowest BCUT2D eigenvalue weighted by Gasteiger charge is -2.12. The van der Waals surface area contributed by atoms with Crippen LogP contribution < -0.4 is 4.74 Å². The van der Waals surface area contributed by atoms with Crippen molar-refractivity contribution in [3.63, 3.8) is 0 Å². The standard InChI is InChI=1S/C20H22N2O/c1-16(2)11-19-13-21-15-22(19)18-9-6-10-20(12-18)23-14-17-7-4-3-5-8-17/h3-10,12-13,15-16H,11,14H2,1-2H3. The second-order valence-electron chi connectivity index (χ2n) is 6.12. The second kappa shape index (κ2) is 7.14. The lowest BCUT2D eigenvalue weighted by atomic mass is 10.1. The summed E-state index contributed by atoms with van der Waals surface area (Å²) in [5, 5.41) is 0. The van der Waals surface area contributed by atoms with Crippen molar-refractivity contribution in [2.45, 2.75) is 26.9 Å². The second-order valence-corrected chi connectivity index (χ2v) is 6.12. The van der Waals surface area contributed by atoms with Crippen LogP contribution in [0.5, 0.6) is 5.75 Å². The molecule has 0 bridgehead atoms. The minimum absolute atomic E-state index is 0.576. The molecule has 0 N–H and O–H groups in total. The number of hydrogen-bond donors (Lipinski definition) is 0. The zero-order valence-corrected chi connectivity index (χ0v) is 13.6. The van der Waals surface area contributed by atoms with E-state index in [1.165, 1.54) is 11.3 Å². The van der Waals surface area contributed by atoms with Crippen molar-refractivity contribution in [3.8, 4) is 11.4 Å². The van der Waals surface area contributed by atoms with E-state index in [-0.39, 0.29) is 0 Å². The maximum absolute atomic E-state index is 5.92. The first kappa shape index (κ1) is 15.3. The van der Waals surface area contributed by atoms with E-state index >= 15 is 0 Å². The summed E-state index contributed by atoms with van der Waals surface area (Å²) in [5.41, 5.74) is 3.48. The summed E-state index contributed by atoms with van der Waals surface area (Å²) in [7, 11) is 0. The van der Waals surface area contributed by atoms with Gasteiger partial charge in [0.15, 0.2) is 0 Å². The summed E-state index contributed by atoms with van der Waals surface area (Å²) in [5.74, 6) is 1.47. The van der Waals surface area contributed by atoms with Gasteiger partial charge in [0.05, 0.1) is 12.0 Å². The normalized spacial score (nSPS) is 10.9. The molecule has 0 amide bonds. The quantitative estimate of drug-likeness (QED) is 0.663. The summed E-state index contributed by atoms with van der Waals surface area (Å²) in [6, 6.07) is 18.4. The molecule has 0 aliphatic carbocycles. The number of hydrogen-bond acceptors (Lipinski definition) is 2. The first-order valence-electron chi connectivity index (χ1n) is 8.01. The van der Waals surface area contributed by atoms with Gasteiger partial charge in [-0.3, -0.25) is 0 Å². The van der Waals surface area contributed by atoms with Gasteiger partial charge in [0, 0.05) is 18.0 Å². The Morgan fingerprint density at radius 3 is 2.65 bits per heavy atom. The monoisotopic (exact) mass is 306 g/mol. The Morgan fingerprint density at radius 1 is 1.04 bits per heavy atom. The smallest absolute Gasteiger partial charge is 0.121 e. The van der Waals surface area contributed by atoms with E-state index in [2.05, 4.69) is 47.7 Å². The number of ether oxygens (including phenoxy) is 1. The zero-order valence-electron chi connectivity index (χ0n) is 13.6. The van der Waals surface area contributed by atoms with Crippen LogP contribution in [-0.4, -0.2) is 9.55 Å². The van der Waals surface area contributed by atoms with Gasteiger partial charge < -0.3 is 9.30 Å². The third-order valence-corrected chi connectivity index (χ3v) is 3.68. The fourth-order valence-electron chi connectivity index (χ4n) is 2.59. The van der Waals surface area contributed by atoms with Gasteiger partial charge in [-0.05, 0) is 30.0 Å². The fourth-order valence-corrected chi connectivity index (χ4v) is 2.59. The molecule has 3 aromatic rings. The van der Waals surface area contributed by atoms with E-state index < -0.39 is 0 Å². The Balaban J connectivity index is 1.76. The lowest BCUT2D eigenvalue weighted by molar-refractivity contribution is 0.306. The van der Waals surface area contributed by atoms with Crippen molar-refractivity contribution in [1.29, 1.82) is 0 Å². The minimum atomic E-state index is 0.576. The number of rotatable bonds is 6. The van der Waals surface area contributed by atoms with Gasteiger partial charge >= 0.3 is 0 Å². The average Bonchev–Trinajstić information content (AvgIpc) is 3.01. The first-order valence-corrected chi connectivity index (χ1v) is 8.01. The Bertz CT molecular complexity index is 747. The number of benzene rings is 2. The molecule has 1 heterocycles. The van der Waals surface area contributed by atoms with Crippen molar-refractivity contribution in [1.82, 2.24) is 9.55 Å². The number of nitrogens with zero attached hydrogens (tertiary/aromatic N) is 2. The van der Waals surface area contributed by atoms with Crippen LogP contribution in [0.4, 0.5) is 0 Å². The van der Waals surface area contributed by atoms with Gasteiger partial charge in [0.25, 0.3) is 0 Å². The molecule has 0 saturated heterocycles. The van der Waals surface area contributed by atoms with Gasteiger partial charge in [0.2, 0.25) is 0 Å². The Kier molecular flexibility index (Phi) is 4.77. The van der Waals surface area contributed by atoms with E-state index in [0.717, 1.165) is 17.9 Å². The third kappa shape index (κ3) is 4.01. The highest BCUT2D eigenvalue weighted by Crippen LogP contribution is 2.20. The molecule has 23 heavy (non-hydrogen) atoms. The molecule has 1 aromatic heterocycles. The summed E-state index contributed by atoms with van der Waals surface area (Å²) in [6.07, 6.45) is 4.82. The predicted octanol–water partition coefficient (Wildman–Crippen LogP) is 4.65. The van der Waals surface area contributed by atoms with Crippen LogP contribution in [0.15, 0.2) is 67.1 Å². The SMILES string of the molecule is CC(C)Cc1cncn1-c1cccc(OCc2ccccc2)c1. The van der Waals surface area contributed by atoms with E-state index in [4.69, 9.17) is 4.74 Å². The van der Waals surface area contributed by atoms with E-state index in [1.807, 2.05) is 42.9 Å². The molecule has 3 heteroatoms. The van der Waals surface area contributed by atoms with Crippen molar-refractivity contribution >= 4 is 0 Å². The highest BCUT2D eigenvalue weighted by atomic mass is 16.5. The molecule has 0 aliphatic rings. The van der Waals surface area contributed by atoms with Gasteiger partial charge in [-0.25, -0.2) is 4.98 Å². The van der Waals surface area contributed by atoms with Crippen LogP contribution in [0.25, 0.3) is 5.69 Å². The van der Waals surface area contributed by atoms with E-state index in [9.17, 15) is 0 Å². The minimum Gasteiger partial charge on any atom is -0.489 e. The Labute approximate surface area is 137 Å². The highest BCUT2D eigenvalue weighted by Gasteiger charge is 2.07. The third-order valence-electron chi connectivity index (χ3n) is 3.68. The maximum Gasteiger partial charge on any atom is 0.121 e. The summed E-state index contributed by atoms with van der Waals surface area (Å²) < 4.78 is 8.05. The zero-order chi connectivity index (χ0) is 16.1. The van der Waals surface area contributed by atoms with E-state index in [0.29, 0.717) is 12.5 Å². The largest absolute Gasteiger partial charge is 0.489 e. The summed E-state index contributed by atoms with van der Waals surface area (Å²) in [4.78, 5) is 4.30. The van der Waals surface area contributed by atoms with Crippen molar-refractivity contribution < 1.29 is 4.74 Å². The van der Waals surface area contributed by atoms with Gasteiger partial charge in [-0.15, -0.1) is 0 Å². The summed E-state index contributed by atoms with van der Waals surface area (Å²) >= 11 is 0. The number of aromatic nitrogens is 2. The van der Waals surface area contributed by atoms with Crippen LogP contribution in [0.3, 0.4) is 0 Å². The lowest BCUT2D eigenvalue weighted by Crippen LogP contribution is -2.03. The van der Waals surface area contributed by atoms with Gasteiger partial charge in [-0.2, -0.15) is 0 Å². The molecule has 0 atom stereocenters. The van der Waals surface area contributed by atoms with E-state index in [1.54, 1.807) is 0 Å². The van der Waals surface area contributed by atoms with Gasteiger partial charge in [0.1, 0.15) is 12.4 Å². The Morgan fingerprint density at radius 2 is 1.87 bits per heavy atom. The molecule has 118 valence electrons. The predicted molar refractivity (Wildman–Crippen MR) is 92.9 cm³/mol. The molecule has 0 fully saturated rings.